The van der Waals surface area contributed by atoms with E-state index in [0.717, 1.165) is 16.8 Å². The molecular weight excluding hydrogens is 362 g/mol. The zero-order valence-electron chi connectivity index (χ0n) is 17.4. The molecule has 1 amide bonds. The van der Waals surface area contributed by atoms with Crippen molar-refractivity contribution in [1.82, 2.24) is 0 Å². The smallest absolute Gasteiger partial charge is 0.266 e. The second kappa shape index (κ2) is 7.84. The Morgan fingerprint density at radius 2 is 1.90 bits per heavy atom. The first-order valence-electron chi connectivity index (χ1n) is 9.40. The number of likely N-dealkylation sites (N-methyl/N-ethyl adjacent to an activating group) is 1. The number of benzene rings is 2. The Morgan fingerprint density at radius 3 is 2.52 bits per heavy atom. The molecule has 5 nitrogen and oxygen atoms in total. The van der Waals surface area contributed by atoms with Crippen LogP contribution in [0.3, 0.4) is 0 Å². The minimum atomic E-state index is -0.444. The summed E-state index contributed by atoms with van der Waals surface area (Å²) in [5.74, 6) is 0.255. The van der Waals surface area contributed by atoms with E-state index in [0.29, 0.717) is 11.4 Å². The van der Waals surface area contributed by atoms with E-state index < -0.39 is 5.91 Å². The van der Waals surface area contributed by atoms with Crippen LogP contribution in [0.25, 0.3) is 11.6 Å². The summed E-state index contributed by atoms with van der Waals surface area (Å²) in [5, 5.41) is 12.2. The van der Waals surface area contributed by atoms with E-state index in [-0.39, 0.29) is 11.1 Å². The lowest BCUT2D eigenvalue weighted by Crippen LogP contribution is -2.42. The number of ether oxygens (including phenoxy) is 1. The molecule has 0 bridgehead atoms. The van der Waals surface area contributed by atoms with Crippen LogP contribution >= 0.6 is 0 Å². The van der Waals surface area contributed by atoms with Gasteiger partial charge in [0.2, 0.25) is 0 Å². The van der Waals surface area contributed by atoms with Crippen LogP contribution in [-0.2, 0) is 4.79 Å². The molecule has 1 aliphatic heterocycles. The summed E-state index contributed by atoms with van der Waals surface area (Å²) in [7, 11) is 3.65. The number of allylic oxidation sites excluding steroid dienone is 1. The van der Waals surface area contributed by atoms with E-state index in [1.165, 1.54) is 5.57 Å². The maximum atomic E-state index is 12.5. The largest absolute Gasteiger partial charge is 0.497 e. The minimum Gasteiger partial charge on any atom is -0.497 e. The van der Waals surface area contributed by atoms with Crippen molar-refractivity contribution < 1.29 is 9.53 Å². The van der Waals surface area contributed by atoms with Crippen LogP contribution in [0.4, 0.5) is 11.4 Å². The van der Waals surface area contributed by atoms with Crippen molar-refractivity contribution in [2.24, 2.45) is 0 Å². The zero-order chi connectivity index (χ0) is 21.2. The molecule has 1 aliphatic rings. The lowest BCUT2D eigenvalue weighted by atomic mass is 9.88. The van der Waals surface area contributed by atoms with E-state index in [2.05, 4.69) is 44.1 Å². The molecular formula is C24H25N3O2. The summed E-state index contributed by atoms with van der Waals surface area (Å²) in [6.45, 7) is 6.43. The first kappa shape index (κ1) is 20.2. The molecule has 148 valence electrons. The molecule has 5 heteroatoms. The van der Waals surface area contributed by atoms with Crippen molar-refractivity contribution in [2.75, 3.05) is 24.4 Å². The highest BCUT2D eigenvalue weighted by Gasteiger charge is 2.28. The number of hydrogen-bond acceptors (Lipinski definition) is 4. The molecule has 1 heterocycles. The molecule has 0 saturated heterocycles. The fourth-order valence-corrected chi connectivity index (χ4v) is 3.45. The molecule has 0 unspecified atom stereocenters. The predicted octanol–water partition coefficient (Wildman–Crippen LogP) is 4.87. The normalized spacial score (nSPS) is 15.1. The van der Waals surface area contributed by atoms with Gasteiger partial charge in [0.25, 0.3) is 5.91 Å². The van der Waals surface area contributed by atoms with Crippen molar-refractivity contribution in [2.45, 2.75) is 26.3 Å². The number of nitriles is 1. The third-order valence-electron chi connectivity index (χ3n) is 5.26. The monoisotopic (exact) mass is 387 g/mol. The summed E-state index contributed by atoms with van der Waals surface area (Å²) in [6, 6.07) is 15.0. The summed E-state index contributed by atoms with van der Waals surface area (Å²) in [5.41, 5.74) is 4.81. The summed E-state index contributed by atoms with van der Waals surface area (Å²) in [6.07, 6.45) is 3.84. The van der Waals surface area contributed by atoms with Gasteiger partial charge >= 0.3 is 0 Å². The highest BCUT2D eigenvalue weighted by atomic mass is 16.5. The molecule has 0 saturated carbocycles. The Balaban J connectivity index is 1.87. The van der Waals surface area contributed by atoms with Crippen LogP contribution in [0.5, 0.6) is 5.75 Å². The molecule has 0 spiro atoms. The summed E-state index contributed by atoms with van der Waals surface area (Å²) in [4.78, 5) is 14.8. The van der Waals surface area contributed by atoms with Crippen molar-refractivity contribution in [3.63, 3.8) is 0 Å². The van der Waals surface area contributed by atoms with Gasteiger partial charge in [-0.05, 0) is 74.4 Å². The maximum absolute atomic E-state index is 12.5. The van der Waals surface area contributed by atoms with E-state index in [1.807, 2.05) is 24.3 Å². The quantitative estimate of drug-likeness (QED) is 0.600. The van der Waals surface area contributed by atoms with Crippen LogP contribution in [0.15, 0.2) is 54.1 Å². The highest BCUT2D eigenvalue weighted by molar-refractivity contribution is 6.09. The van der Waals surface area contributed by atoms with Gasteiger partial charge in [-0.3, -0.25) is 4.79 Å². The Kier molecular flexibility index (Phi) is 5.47. The number of methoxy groups -OCH3 is 1. The van der Waals surface area contributed by atoms with Crippen molar-refractivity contribution in [3.8, 4) is 11.8 Å². The van der Waals surface area contributed by atoms with Crippen molar-refractivity contribution in [3.05, 3.63) is 65.2 Å². The number of amides is 1. The summed E-state index contributed by atoms with van der Waals surface area (Å²) >= 11 is 0. The number of nitrogens with one attached hydrogen (secondary N) is 1. The Morgan fingerprint density at radius 1 is 1.21 bits per heavy atom. The number of rotatable bonds is 4. The molecule has 0 radical (unpaired) electrons. The van der Waals surface area contributed by atoms with Crippen molar-refractivity contribution >= 4 is 28.9 Å². The third-order valence-corrected chi connectivity index (χ3v) is 5.26. The van der Waals surface area contributed by atoms with Gasteiger partial charge in [0.1, 0.15) is 17.4 Å². The Bertz CT molecular complexity index is 1040. The summed E-state index contributed by atoms with van der Waals surface area (Å²) < 4.78 is 5.11. The van der Waals surface area contributed by atoms with Gasteiger partial charge in [-0.15, -0.1) is 0 Å². The molecule has 0 aromatic heterocycles. The fourth-order valence-electron chi connectivity index (χ4n) is 3.45. The third kappa shape index (κ3) is 4.17. The zero-order valence-corrected chi connectivity index (χ0v) is 17.4. The average Bonchev–Trinajstić information content (AvgIpc) is 2.70. The molecule has 0 aliphatic carbocycles. The SMILES string of the molecule is COc1ccc(NC(=O)/C(C#N)=C\c2ccc3c(c2)C(C)=CC(C)(C)N3C)cc1. The molecule has 3 rings (SSSR count). The van der Waals surface area contributed by atoms with Crippen LogP contribution in [-0.4, -0.2) is 25.6 Å². The second-order valence-electron chi connectivity index (χ2n) is 7.67. The van der Waals surface area contributed by atoms with Gasteiger partial charge in [-0.25, -0.2) is 0 Å². The standard InChI is InChI=1S/C24H25N3O2/c1-16-14-24(2,3)27(4)22-11-6-17(13-21(16)22)12-18(15-25)23(28)26-19-7-9-20(29-5)10-8-19/h6-14H,1-5H3,(H,26,28)/b18-12-. The number of nitrogens with zero attached hydrogens (tertiary/aromatic N) is 2. The van der Waals surface area contributed by atoms with E-state index in [1.54, 1.807) is 37.5 Å². The number of carbonyl (C=O) groups is 1. The van der Waals surface area contributed by atoms with Gasteiger partial charge in [-0.1, -0.05) is 12.1 Å². The van der Waals surface area contributed by atoms with Gasteiger partial charge < -0.3 is 15.0 Å². The molecule has 29 heavy (non-hydrogen) atoms. The van der Waals surface area contributed by atoms with Crippen LogP contribution in [0.2, 0.25) is 0 Å². The molecule has 2 aromatic rings. The van der Waals surface area contributed by atoms with Gasteiger partial charge in [-0.2, -0.15) is 5.26 Å². The van der Waals surface area contributed by atoms with E-state index in [4.69, 9.17) is 4.74 Å². The molecule has 0 atom stereocenters. The van der Waals surface area contributed by atoms with Crippen LogP contribution in [0, 0.1) is 11.3 Å². The van der Waals surface area contributed by atoms with Crippen LogP contribution < -0.4 is 15.0 Å². The molecule has 0 fully saturated rings. The molecule has 1 N–H and O–H groups in total. The lowest BCUT2D eigenvalue weighted by Gasteiger charge is -2.40. The number of carbonyl (C=O) groups excluding carboxylic acids is 1. The van der Waals surface area contributed by atoms with Crippen LogP contribution in [0.1, 0.15) is 31.9 Å². The topological polar surface area (TPSA) is 65.4 Å². The Hall–Kier alpha value is -3.52. The minimum absolute atomic E-state index is 0.0481. The predicted molar refractivity (Wildman–Crippen MR) is 118 cm³/mol. The number of anilines is 2. The number of hydrogen-bond donors (Lipinski definition) is 1. The lowest BCUT2D eigenvalue weighted by molar-refractivity contribution is -0.112. The molecule has 2 aromatic carbocycles. The van der Waals surface area contributed by atoms with E-state index >= 15 is 0 Å². The average molecular weight is 387 g/mol. The van der Waals surface area contributed by atoms with Gasteiger partial charge in [0, 0.05) is 24.0 Å². The van der Waals surface area contributed by atoms with Gasteiger partial charge in [0.15, 0.2) is 0 Å². The highest BCUT2D eigenvalue weighted by Crippen LogP contribution is 2.38. The fraction of sp³-hybridized carbons (Fsp3) is 0.250. The second-order valence-corrected chi connectivity index (χ2v) is 7.67. The van der Waals surface area contributed by atoms with Crippen molar-refractivity contribution in [1.29, 1.82) is 5.26 Å². The first-order valence-corrected chi connectivity index (χ1v) is 9.40. The maximum Gasteiger partial charge on any atom is 0.266 e. The number of fused-ring (bicyclic) bond motifs is 1. The van der Waals surface area contributed by atoms with Gasteiger partial charge in [0.05, 0.1) is 12.6 Å². The van der Waals surface area contributed by atoms with E-state index in [9.17, 15) is 10.1 Å². The Labute approximate surface area is 171 Å². The first-order chi connectivity index (χ1) is 13.7.